The first-order valence-corrected chi connectivity index (χ1v) is 2.22. The number of aliphatic carboxylic acids is 1. The van der Waals surface area contributed by atoms with Crippen LogP contribution in [0.3, 0.4) is 0 Å². The summed E-state index contributed by atoms with van der Waals surface area (Å²) >= 11 is 0. The van der Waals surface area contributed by atoms with Crippen LogP contribution in [-0.2, 0) is 4.79 Å². The fourth-order valence-corrected chi connectivity index (χ4v) is 0.0617. The zero-order valence-corrected chi connectivity index (χ0v) is 4.93. The molecule has 0 aliphatic carbocycles. The van der Waals surface area contributed by atoms with Gasteiger partial charge in [-0.2, -0.15) is 0 Å². The fourth-order valence-electron chi connectivity index (χ4n) is 0.0617. The third kappa shape index (κ3) is 1.48. The van der Waals surface area contributed by atoms with E-state index in [1.54, 1.807) is 0 Å². The highest BCUT2D eigenvalue weighted by Crippen LogP contribution is 1.97. The molecule has 0 aliphatic rings. The van der Waals surface area contributed by atoms with Crippen LogP contribution in [0.25, 0.3) is 0 Å². The topological polar surface area (TPSA) is 75.3 Å². The van der Waals surface area contributed by atoms with E-state index in [-0.39, 0.29) is 0 Å². The van der Waals surface area contributed by atoms with Gasteiger partial charge in [0.1, 0.15) is 5.54 Å². The first-order valence-electron chi connectivity index (χ1n) is 2.22. The first kappa shape index (κ1) is 7.39. The standard InChI is InChI=1S/C4H10N2O2/c1-4(2,6-5)3(7)8/h6H,5H2,1-2H3,(H,7,8). The number of carboxylic acids is 1. The molecule has 0 atom stereocenters. The molecule has 0 rings (SSSR count). The normalized spacial score (nSPS) is 11.4. The van der Waals surface area contributed by atoms with Gasteiger partial charge in [-0.25, -0.2) is 5.43 Å². The quantitative estimate of drug-likeness (QED) is 0.331. The van der Waals surface area contributed by atoms with Crippen LogP contribution in [0.2, 0.25) is 0 Å². The Morgan fingerprint density at radius 2 is 2.12 bits per heavy atom. The van der Waals surface area contributed by atoms with Crippen molar-refractivity contribution >= 4 is 5.97 Å². The summed E-state index contributed by atoms with van der Waals surface area (Å²) in [5.74, 6) is 3.92. The summed E-state index contributed by atoms with van der Waals surface area (Å²) in [4.78, 5) is 10.1. The van der Waals surface area contributed by atoms with E-state index in [2.05, 4.69) is 5.43 Å². The maximum Gasteiger partial charge on any atom is 0.324 e. The SMILES string of the molecule is CC(C)(NN)C(=O)O. The number of nitrogens with one attached hydrogen (secondary N) is 1. The Labute approximate surface area is 47.6 Å². The van der Waals surface area contributed by atoms with Gasteiger partial charge >= 0.3 is 5.97 Å². The number of carbonyl (C=O) groups is 1. The lowest BCUT2D eigenvalue weighted by Gasteiger charge is -2.16. The smallest absolute Gasteiger partial charge is 0.324 e. The van der Waals surface area contributed by atoms with Crippen molar-refractivity contribution in [3.63, 3.8) is 0 Å². The van der Waals surface area contributed by atoms with Crippen molar-refractivity contribution in [2.75, 3.05) is 0 Å². The van der Waals surface area contributed by atoms with Gasteiger partial charge < -0.3 is 5.11 Å². The average Bonchev–Trinajstić information content (AvgIpc) is 1.67. The molecular formula is C4H10N2O2. The van der Waals surface area contributed by atoms with E-state index in [4.69, 9.17) is 10.9 Å². The van der Waals surface area contributed by atoms with E-state index in [1.807, 2.05) is 0 Å². The van der Waals surface area contributed by atoms with Gasteiger partial charge in [-0.3, -0.25) is 10.6 Å². The number of hydrogen-bond donors (Lipinski definition) is 3. The maximum absolute atomic E-state index is 10.1. The highest BCUT2D eigenvalue weighted by Gasteiger charge is 2.24. The van der Waals surface area contributed by atoms with Crippen LogP contribution in [-0.4, -0.2) is 16.6 Å². The number of carboxylic acid groups (broad SMARTS) is 1. The van der Waals surface area contributed by atoms with Crippen LogP contribution in [0.15, 0.2) is 0 Å². The summed E-state index contributed by atoms with van der Waals surface area (Å²) in [7, 11) is 0. The lowest BCUT2D eigenvalue weighted by Crippen LogP contribution is -2.50. The van der Waals surface area contributed by atoms with Crippen LogP contribution in [0, 0.1) is 0 Å². The predicted octanol–water partition coefficient (Wildman–Crippen LogP) is -0.687. The Morgan fingerprint density at radius 1 is 1.75 bits per heavy atom. The molecule has 8 heavy (non-hydrogen) atoms. The molecule has 0 fully saturated rings. The van der Waals surface area contributed by atoms with Crippen molar-refractivity contribution in [1.29, 1.82) is 0 Å². The van der Waals surface area contributed by atoms with E-state index in [0.717, 1.165) is 0 Å². The number of nitrogens with two attached hydrogens (primary N) is 1. The van der Waals surface area contributed by atoms with Crippen molar-refractivity contribution in [1.82, 2.24) is 5.43 Å². The molecule has 0 aromatic rings. The minimum absolute atomic E-state index is 0.958. The van der Waals surface area contributed by atoms with Crippen molar-refractivity contribution in [3.8, 4) is 0 Å². The van der Waals surface area contributed by atoms with E-state index in [1.165, 1.54) is 13.8 Å². The molecular weight excluding hydrogens is 108 g/mol. The van der Waals surface area contributed by atoms with Crippen molar-refractivity contribution in [2.24, 2.45) is 5.84 Å². The molecule has 0 amide bonds. The summed E-state index contributed by atoms with van der Waals surface area (Å²) in [6.45, 7) is 2.96. The Balaban J connectivity index is 3.91. The highest BCUT2D eigenvalue weighted by atomic mass is 16.4. The molecule has 0 saturated heterocycles. The summed E-state index contributed by atoms with van der Waals surface area (Å²) in [5, 5.41) is 8.30. The van der Waals surface area contributed by atoms with Gasteiger partial charge in [-0.1, -0.05) is 0 Å². The highest BCUT2D eigenvalue weighted by molar-refractivity contribution is 5.77. The lowest BCUT2D eigenvalue weighted by molar-refractivity contribution is -0.143. The van der Waals surface area contributed by atoms with Gasteiger partial charge in [0.2, 0.25) is 0 Å². The Morgan fingerprint density at radius 3 is 2.12 bits per heavy atom. The Kier molecular flexibility index (Phi) is 1.94. The molecule has 0 unspecified atom stereocenters. The van der Waals surface area contributed by atoms with Gasteiger partial charge in [0.05, 0.1) is 0 Å². The van der Waals surface area contributed by atoms with Crippen LogP contribution >= 0.6 is 0 Å². The van der Waals surface area contributed by atoms with Crippen LogP contribution < -0.4 is 11.3 Å². The summed E-state index contributed by atoms with van der Waals surface area (Å²) in [6.07, 6.45) is 0. The number of hydrazine groups is 1. The van der Waals surface area contributed by atoms with Gasteiger partial charge in [0.15, 0.2) is 0 Å². The van der Waals surface area contributed by atoms with Crippen molar-refractivity contribution < 1.29 is 9.90 Å². The van der Waals surface area contributed by atoms with E-state index >= 15 is 0 Å². The van der Waals surface area contributed by atoms with Gasteiger partial charge in [0.25, 0.3) is 0 Å². The first-order chi connectivity index (χ1) is 3.50. The summed E-state index contributed by atoms with van der Waals surface area (Å²) in [6, 6.07) is 0. The largest absolute Gasteiger partial charge is 0.480 e. The molecule has 0 spiro atoms. The molecule has 4 nitrogen and oxygen atoms in total. The second-order valence-electron chi connectivity index (χ2n) is 2.07. The minimum atomic E-state index is -1.01. The molecule has 0 radical (unpaired) electrons. The second kappa shape index (κ2) is 2.11. The zero-order valence-electron chi connectivity index (χ0n) is 4.93. The Hall–Kier alpha value is -0.610. The minimum Gasteiger partial charge on any atom is -0.480 e. The molecule has 0 saturated carbocycles. The molecule has 0 aromatic heterocycles. The van der Waals surface area contributed by atoms with Crippen LogP contribution in [0.5, 0.6) is 0 Å². The number of hydrogen-bond acceptors (Lipinski definition) is 3. The predicted molar refractivity (Wildman–Crippen MR) is 29.0 cm³/mol. The second-order valence-corrected chi connectivity index (χ2v) is 2.07. The fraction of sp³-hybridized carbons (Fsp3) is 0.750. The average molecular weight is 118 g/mol. The van der Waals surface area contributed by atoms with Crippen LogP contribution in [0.1, 0.15) is 13.8 Å². The molecule has 0 heterocycles. The maximum atomic E-state index is 10.1. The van der Waals surface area contributed by atoms with E-state index in [0.29, 0.717) is 0 Å². The zero-order chi connectivity index (χ0) is 6.78. The van der Waals surface area contributed by atoms with Gasteiger partial charge in [-0.05, 0) is 13.8 Å². The molecule has 4 N–H and O–H groups in total. The lowest BCUT2D eigenvalue weighted by atomic mass is 10.1. The summed E-state index contributed by atoms with van der Waals surface area (Å²) in [5.41, 5.74) is 1.13. The Bertz CT molecular complexity index is 100. The molecule has 0 aromatic carbocycles. The van der Waals surface area contributed by atoms with Gasteiger partial charge in [-0.15, -0.1) is 0 Å². The van der Waals surface area contributed by atoms with Gasteiger partial charge in [0, 0.05) is 0 Å². The molecule has 4 heteroatoms. The third-order valence-corrected chi connectivity index (χ3v) is 0.896. The van der Waals surface area contributed by atoms with E-state index in [9.17, 15) is 4.79 Å². The monoisotopic (exact) mass is 118 g/mol. The molecule has 0 aliphatic heterocycles. The van der Waals surface area contributed by atoms with Crippen LogP contribution in [0.4, 0.5) is 0 Å². The van der Waals surface area contributed by atoms with Crippen molar-refractivity contribution in [2.45, 2.75) is 19.4 Å². The molecule has 0 bridgehead atoms. The summed E-state index contributed by atoms with van der Waals surface area (Å²) < 4.78 is 0. The number of rotatable bonds is 2. The third-order valence-electron chi connectivity index (χ3n) is 0.896. The van der Waals surface area contributed by atoms with E-state index < -0.39 is 11.5 Å². The van der Waals surface area contributed by atoms with Crippen molar-refractivity contribution in [3.05, 3.63) is 0 Å². The molecule has 48 valence electrons.